The van der Waals surface area contributed by atoms with Crippen molar-refractivity contribution < 1.29 is 14.3 Å². The van der Waals surface area contributed by atoms with Gasteiger partial charge in [0.15, 0.2) is 0 Å². The number of nitrogens with zero attached hydrogens (tertiary/aromatic N) is 2. The van der Waals surface area contributed by atoms with Crippen molar-refractivity contribution in [3.05, 3.63) is 29.8 Å². The molecule has 5 heteroatoms. The molecule has 5 rings (SSSR count). The summed E-state index contributed by atoms with van der Waals surface area (Å²) in [6.07, 6.45) is 15.0. The van der Waals surface area contributed by atoms with E-state index in [0.29, 0.717) is 36.2 Å². The molecule has 4 aliphatic rings. The van der Waals surface area contributed by atoms with Crippen LogP contribution in [0.5, 0.6) is 5.75 Å². The minimum absolute atomic E-state index is 0.173. The van der Waals surface area contributed by atoms with Gasteiger partial charge in [0.2, 0.25) is 5.91 Å². The maximum atomic E-state index is 14.1. The molecule has 1 aromatic rings. The fourth-order valence-electron chi connectivity index (χ4n) is 9.82. The number of carbonyl (C=O) groups is 2. The highest BCUT2D eigenvalue weighted by molar-refractivity contribution is 5.94. The van der Waals surface area contributed by atoms with Crippen LogP contribution in [0.4, 0.5) is 0 Å². The zero-order valence-corrected chi connectivity index (χ0v) is 25.2. The molecule has 1 aromatic carbocycles. The van der Waals surface area contributed by atoms with Crippen molar-refractivity contribution in [2.24, 2.45) is 28.6 Å². The summed E-state index contributed by atoms with van der Waals surface area (Å²) in [5.74, 6) is 3.42. The van der Waals surface area contributed by atoms with E-state index in [9.17, 15) is 9.59 Å². The Bertz CT molecular complexity index is 1020. The number of likely N-dealkylation sites (tertiary alicyclic amines) is 1. The second-order valence-electron chi connectivity index (χ2n) is 13.8. The first-order chi connectivity index (χ1) is 18.7. The molecular formula is C34H52N2O3. The van der Waals surface area contributed by atoms with Crippen LogP contribution < -0.4 is 4.74 Å². The Kier molecular flexibility index (Phi) is 8.36. The van der Waals surface area contributed by atoms with Gasteiger partial charge in [0.1, 0.15) is 5.75 Å². The first-order valence-electron chi connectivity index (χ1n) is 15.9. The molecule has 0 spiro atoms. The molecule has 5 nitrogen and oxygen atoms in total. The Hall–Kier alpha value is -2.04. The zero-order chi connectivity index (χ0) is 27.8. The van der Waals surface area contributed by atoms with Crippen LogP contribution >= 0.6 is 0 Å². The highest BCUT2D eigenvalue weighted by atomic mass is 16.5. The highest BCUT2D eigenvalue weighted by Gasteiger charge is 2.62. The van der Waals surface area contributed by atoms with Crippen LogP contribution in [-0.2, 0) is 4.79 Å². The van der Waals surface area contributed by atoms with Gasteiger partial charge in [-0.1, -0.05) is 46.5 Å². The number of hydrogen-bond donors (Lipinski definition) is 0. The van der Waals surface area contributed by atoms with Crippen molar-refractivity contribution in [2.45, 2.75) is 116 Å². The molecule has 1 heterocycles. The smallest absolute Gasteiger partial charge is 0.254 e. The third kappa shape index (κ3) is 5.01. The Morgan fingerprint density at radius 2 is 1.67 bits per heavy atom. The molecule has 0 unspecified atom stereocenters. The molecule has 216 valence electrons. The van der Waals surface area contributed by atoms with Crippen LogP contribution in [0.1, 0.15) is 115 Å². The number of unbranched alkanes of at least 4 members (excludes halogenated alkanes) is 4. The zero-order valence-electron chi connectivity index (χ0n) is 25.2. The molecule has 7 atom stereocenters. The molecule has 0 bridgehead atoms. The van der Waals surface area contributed by atoms with Gasteiger partial charge in [0.05, 0.1) is 7.11 Å². The monoisotopic (exact) mass is 536 g/mol. The summed E-state index contributed by atoms with van der Waals surface area (Å²) in [4.78, 5) is 31.0. The minimum atomic E-state index is 0.173. The topological polar surface area (TPSA) is 49.9 Å². The summed E-state index contributed by atoms with van der Waals surface area (Å²) in [6, 6.07) is 8.44. The lowest BCUT2D eigenvalue weighted by Crippen LogP contribution is -2.62. The molecule has 1 saturated heterocycles. The summed E-state index contributed by atoms with van der Waals surface area (Å²) < 4.78 is 5.36. The van der Waals surface area contributed by atoms with E-state index >= 15 is 0 Å². The second kappa shape index (κ2) is 11.4. The van der Waals surface area contributed by atoms with E-state index in [-0.39, 0.29) is 16.7 Å². The van der Waals surface area contributed by atoms with Crippen LogP contribution in [-0.4, -0.2) is 54.4 Å². The lowest BCUT2D eigenvalue weighted by atomic mass is 9.47. The summed E-state index contributed by atoms with van der Waals surface area (Å²) >= 11 is 0. The van der Waals surface area contributed by atoms with Crippen LogP contribution in [0, 0.1) is 28.6 Å². The van der Waals surface area contributed by atoms with E-state index < -0.39 is 0 Å². The largest absolute Gasteiger partial charge is 0.497 e. The number of rotatable bonds is 9. The van der Waals surface area contributed by atoms with Gasteiger partial charge in [-0.3, -0.25) is 9.59 Å². The van der Waals surface area contributed by atoms with Crippen molar-refractivity contribution >= 4 is 11.8 Å². The van der Waals surface area contributed by atoms with Crippen molar-refractivity contribution in [3.63, 3.8) is 0 Å². The van der Waals surface area contributed by atoms with Crippen LogP contribution in [0.25, 0.3) is 0 Å². The van der Waals surface area contributed by atoms with E-state index in [1.54, 1.807) is 7.11 Å². The number of piperidine rings is 1. The summed E-state index contributed by atoms with van der Waals surface area (Å²) in [6.45, 7) is 8.15. The molecular weight excluding hydrogens is 484 g/mol. The predicted molar refractivity (Wildman–Crippen MR) is 157 cm³/mol. The maximum absolute atomic E-state index is 14.1. The molecule has 39 heavy (non-hydrogen) atoms. The molecule has 0 aromatic heterocycles. The highest BCUT2D eigenvalue weighted by Crippen LogP contribution is 2.65. The standard InChI is InChI=1S/C34H52N2O3/c1-6-7-8-9-10-23-36(32(38)24-11-13-25(39-5)14-12-24)30-18-16-27-26-15-17-29-33(2,22-20-31(37)35(29)4)28(26)19-21-34(27,30)3/h11-14,26-30H,6-10,15-23H2,1-5H3/t26-,27-,28-,29+,30-,33+,34-/m0/s1. The van der Waals surface area contributed by atoms with Crippen LogP contribution in [0.3, 0.4) is 0 Å². The Labute approximate surface area is 237 Å². The van der Waals surface area contributed by atoms with Gasteiger partial charge in [0.25, 0.3) is 5.91 Å². The number of ether oxygens (including phenoxy) is 1. The SMILES string of the molecule is CCCCCCCN(C(=O)c1ccc(OC)cc1)[C@H]1CC[C@H]2[C@@H]3CC[C@H]4N(C)C(=O)CC[C@]4(C)[C@H]3CC[C@]12C. The molecule has 2 amide bonds. The lowest BCUT2D eigenvalue weighted by molar-refractivity contribution is -0.158. The van der Waals surface area contributed by atoms with Crippen molar-refractivity contribution in [1.82, 2.24) is 9.80 Å². The van der Waals surface area contributed by atoms with Crippen molar-refractivity contribution in [2.75, 3.05) is 20.7 Å². The van der Waals surface area contributed by atoms with Gasteiger partial charge in [-0.2, -0.15) is 0 Å². The first kappa shape index (κ1) is 28.5. The van der Waals surface area contributed by atoms with Crippen molar-refractivity contribution in [3.8, 4) is 5.75 Å². The predicted octanol–water partition coefficient (Wildman–Crippen LogP) is 7.34. The van der Waals surface area contributed by atoms with E-state index in [1.807, 2.05) is 31.3 Å². The normalized spacial score (nSPS) is 35.7. The van der Waals surface area contributed by atoms with Gasteiger partial charge in [-0.15, -0.1) is 0 Å². The molecule has 3 aliphatic carbocycles. The van der Waals surface area contributed by atoms with E-state index in [4.69, 9.17) is 4.74 Å². The number of benzene rings is 1. The Morgan fingerprint density at radius 1 is 0.949 bits per heavy atom. The molecule has 0 radical (unpaired) electrons. The quantitative estimate of drug-likeness (QED) is 0.310. The van der Waals surface area contributed by atoms with E-state index in [2.05, 4.69) is 30.6 Å². The number of carbonyl (C=O) groups excluding carboxylic acids is 2. The summed E-state index contributed by atoms with van der Waals surface area (Å²) in [7, 11) is 3.72. The van der Waals surface area contributed by atoms with Gasteiger partial charge in [0, 0.05) is 37.7 Å². The number of hydrogen-bond acceptors (Lipinski definition) is 3. The average molecular weight is 537 g/mol. The van der Waals surface area contributed by atoms with E-state index in [1.165, 1.54) is 51.4 Å². The number of methoxy groups -OCH3 is 1. The Balaban J connectivity index is 1.37. The summed E-state index contributed by atoms with van der Waals surface area (Å²) in [5, 5.41) is 0. The van der Waals surface area contributed by atoms with Crippen LogP contribution in [0.2, 0.25) is 0 Å². The fourth-order valence-corrected chi connectivity index (χ4v) is 9.82. The molecule has 3 saturated carbocycles. The lowest BCUT2D eigenvalue weighted by Gasteiger charge is -2.62. The van der Waals surface area contributed by atoms with E-state index in [0.717, 1.165) is 49.5 Å². The third-order valence-corrected chi connectivity index (χ3v) is 12.0. The Morgan fingerprint density at radius 3 is 2.38 bits per heavy atom. The number of amides is 2. The fraction of sp³-hybridized carbons (Fsp3) is 0.765. The first-order valence-corrected chi connectivity index (χ1v) is 15.9. The third-order valence-electron chi connectivity index (χ3n) is 12.0. The number of fused-ring (bicyclic) bond motifs is 5. The molecule has 1 aliphatic heterocycles. The van der Waals surface area contributed by atoms with Crippen molar-refractivity contribution in [1.29, 1.82) is 0 Å². The van der Waals surface area contributed by atoms with Gasteiger partial charge in [-0.25, -0.2) is 0 Å². The minimum Gasteiger partial charge on any atom is -0.497 e. The molecule has 4 fully saturated rings. The van der Waals surface area contributed by atoms with Gasteiger partial charge >= 0.3 is 0 Å². The van der Waals surface area contributed by atoms with Gasteiger partial charge < -0.3 is 14.5 Å². The van der Waals surface area contributed by atoms with Crippen LogP contribution in [0.15, 0.2) is 24.3 Å². The average Bonchev–Trinajstić information content (AvgIpc) is 3.29. The second-order valence-corrected chi connectivity index (χ2v) is 13.8. The van der Waals surface area contributed by atoms with Gasteiger partial charge in [-0.05, 0) is 104 Å². The summed E-state index contributed by atoms with van der Waals surface area (Å²) in [5.41, 5.74) is 1.20. The molecule has 0 N–H and O–H groups in total. The maximum Gasteiger partial charge on any atom is 0.254 e.